The number of amides is 1. The van der Waals surface area contributed by atoms with Crippen LogP contribution in [0, 0.1) is 11.6 Å². The minimum atomic E-state index is -4.86. The van der Waals surface area contributed by atoms with Gasteiger partial charge in [0.15, 0.2) is 0 Å². The average molecular weight is 360 g/mol. The molecular formula is C15H9F5N2O3. The van der Waals surface area contributed by atoms with Crippen LogP contribution in [0.5, 0.6) is 0 Å². The first-order valence-corrected chi connectivity index (χ1v) is 6.89. The van der Waals surface area contributed by atoms with Crippen molar-refractivity contribution in [3.63, 3.8) is 0 Å². The van der Waals surface area contributed by atoms with Crippen molar-refractivity contribution < 1.29 is 36.6 Å². The van der Waals surface area contributed by atoms with E-state index in [-0.39, 0.29) is 5.69 Å². The molecule has 1 aliphatic rings. The van der Waals surface area contributed by atoms with Crippen molar-refractivity contribution in [1.29, 1.82) is 0 Å². The van der Waals surface area contributed by atoms with Gasteiger partial charge in [0.25, 0.3) is 0 Å². The van der Waals surface area contributed by atoms with Crippen LogP contribution >= 0.6 is 0 Å². The summed E-state index contributed by atoms with van der Waals surface area (Å²) >= 11 is 0. The Morgan fingerprint density at radius 2 is 1.80 bits per heavy atom. The highest BCUT2D eigenvalue weighted by Gasteiger charge is 2.48. The Morgan fingerprint density at radius 1 is 1.20 bits per heavy atom. The van der Waals surface area contributed by atoms with E-state index in [1.807, 2.05) is 0 Å². The lowest BCUT2D eigenvalue weighted by molar-refractivity contribution is -0.157. The molecule has 132 valence electrons. The highest BCUT2D eigenvalue weighted by Crippen LogP contribution is 2.46. The standard InChI is InChI=1S/C15H9F5N2O3/c16-6-1-7(17)3-8(2-6)22-5-9(14(24)25)12-13(22)10(15(18,19)20)4-11(23)21-12/h1-3,5,10H,4H2,(H,21,23)(H,24,25). The van der Waals surface area contributed by atoms with Crippen molar-refractivity contribution in [1.82, 2.24) is 4.57 Å². The number of rotatable bonds is 2. The van der Waals surface area contributed by atoms with E-state index in [4.69, 9.17) is 0 Å². The summed E-state index contributed by atoms with van der Waals surface area (Å²) in [6.45, 7) is 0. The maximum Gasteiger partial charge on any atom is 0.397 e. The van der Waals surface area contributed by atoms with Crippen LogP contribution in [-0.4, -0.2) is 27.7 Å². The number of carbonyl (C=O) groups excluding carboxylic acids is 1. The summed E-state index contributed by atoms with van der Waals surface area (Å²) in [5, 5.41) is 11.3. The number of carboxylic acid groups (broad SMARTS) is 1. The van der Waals surface area contributed by atoms with Gasteiger partial charge in [-0.2, -0.15) is 13.2 Å². The van der Waals surface area contributed by atoms with Crippen molar-refractivity contribution in [2.75, 3.05) is 5.32 Å². The Balaban J connectivity index is 2.32. The molecule has 1 atom stereocenters. The molecule has 0 fully saturated rings. The van der Waals surface area contributed by atoms with E-state index in [2.05, 4.69) is 5.32 Å². The lowest BCUT2D eigenvalue weighted by atomic mass is 9.94. The van der Waals surface area contributed by atoms with Gasteiger partial charge in [0, 0.05) is 18.7 Å². The fourth-order valence-corrected chi connectivity index (χ4v) is 2.79. The first-order chi connectivity index (χ1) is 11.6. The zero-order valence-corrected chi connectivity index (χ0v) is 12.2. The molecule has 0 saturated carbocycles. The molecule has 0 bridgehead atoms. The van der Waals surface area contributed by atoms with Crippen LogP contribution in [0.3, 0.4) is 0 Å². The molecule has 25 heavy (non-hydrogen) atoms. The molecule has 0 aliphatic carbocycles. The molecule has 1 aromatic heterocycles. The van der Waals surface area contributed by atoms with Crippen LogP contribution in [0.25, 0.3) is 5.69 Å². The molecule has 2 heterocycles. The van der Waals surface area contributed by atoms with E-state index >= 15 is 0 Å². The number of anilines is 1. The quantitative estimate of drug-likeness (QED) is 0.806. The van der Waals surface area contributed by atoms with Crippen molar-refractivity contribution in [3.05, 3.63) is 47.3 Å². The minimum absolute atomic E-state index is 0.327. The maximum absolute atomic E-state index is 13.4. The third-order valence-corrected chi connectivity index (χ3v) is 3.78. The lowest BCUT2D eigenvalue weighted by Gasteiger charge is -2.27. The predicted molar refractivity (Wildman–Crippen MR) is 74.7 cm³/mol. The fourth-order valence-electron chi connectivity index (χ4n) is 2.79. The number of nitrogens with one attached hydrogen (secondary N) is 1. The van der Waals surface area contributed by atoms with E-state index < -0.39 is 59.0 Å². The molecule has 0 radical (unpaired) electrons. The molecule has 0 spiro atoms. The van der Waals surface area contributed by atoms with Crippen LogP contribution < -0.4 is 5.32 Å². The molecule has 2 N–H and O–H groups in total. The van der Waals surface area contributed by atoms with Gasteiger partial charge in [-0.15, -0.1) is 0 Å². The van der Waals surface area contributed by atoms with Gasteiger partial charge in [0.1, 0.15) is 23.1 Å². The second-order valence-electron chi connectivity index (χ2n) is 5.45. The van der Waals surface area contributed by atoms with E-state index in [1.165, 1.54) is 0 Å². The average Bonchev–Trinajstić information content (AvgIpc) is 2.83. The number of carboxylic acids is 1. The predicted octanol–water partition coefficient (Wildman–Crippen LogP) is 3.44. The molecule has 1 aliphatic heterocycles. The molecule has 5 nitrogen and oxygen atoms in total. The zero-order valence-electron chi connectivity index (χ0n) is 12.2. The number of aromatic carboxylic acids is 1. The second-order valence-corrected chi connectivity index (χ2v) is 5.45. The number of hydrogen-bond acceptors (Lipinski definition) is 2. The third-order valence-electron chi connectivity index (χ3n) is 3.78. The number of nitrogens with zero attached hydrogens (tertiary/aromatic N) is 1. The first kappa shape index (κ1) is 16.9. The first-order valence-electron chi connectivity index (χ1n) is 6.89. The monoisotopic (exact) mass is 360 g/mol. The molecule has 1 unspecified atom stereocenters. The van der Waals surface area contributed by atoms with Crippen LogP contribution in [0.1, 0.15) is 28.4 Å². The lowest BCUT2D eigenvalue weighted by Crippen LogP contribution is -2.33. The Kier molecular flexibility index (Phi) is 3.77. The molecule has 1 aromatic carbocycles. The number of aromatic nitrogens is 1. The van der Waals surface area contributed by atoms with Crippen LogP contribution in [0.2, 0.25) is 0 Å². The van der Waals surface area contributed by atoms with Gasteiger partial charge in [-0.1, -0.05) is 0 Å². The zero-order chi connectivity index (χ0) is 18.5. The molecule has 2 aromatic rings. The van der Waals surface area contributed by atoms with Crippen molar-refractivity contribution in [3.8, 4) is 5.69 Å². The summed E-state index contributed by atoms with van der Waals surface area (Å²) in [6, 6.07) is 2.05. The summed E-state index contributed by atoms with van der Waals surface area (Å²) in [4.78, 5) is 22.9. The SMILES string of the molecule is O=C1CC(C(F)(F)F)c2c(c(C(=O)O)cn2-c2cc(F)cc(F)c2)N1. The Labute approximate surface area is 136 Å². The number of carbonyl (C=O) groups is 2. The van der Waals surface area contributed by atoms with E-state index in [9.17, 15) is 36.6 Å². The van der Waals surface area contributed by atoms with Crippen molar-refractivity contribution in [2.24, 2.45) is 0 Å². The van der Waals surface area contributed by atoms with Crippen LogP contribution in [0.4, 0.5) is 27.6 Å². The van der Waals surface area contributed by atoms with E-state index in [0.717, 1.165) is 22.9 Å². The van der Waals surface area contributed by atoms with Gasteiger partial charge >= 0.3 is 12.1 Å². The van der Waals surface area contributed by atoms with Crippen LogP contribution in [0.15, 0.2) is 24.4 Å². The molecular weight excluding hydrogens is 351 g/mol. The highest BCUT2D eigenvalue weighted by molar-refractivity contribution is 6.03. The Bertz CT molecular complexity index is 868. The molecule has 10 heteroatoms. The smallest absolute Gasteiger partial charge is 0.397 e. The van der Waals surface area contributed by atoms with Gasteiger partial charge in [-0.05, 0) is 12.1 Å². The normalized spacial score (nSPS) is 17.2. The number of hydrogen-bond donors (Lipinski definition) is 2. The van der Waals surface area contributed by atoms with Crippen molar-refractivity contribution in [2.45, 2.75) is 18.5 Å². The third kappa shape index (κ3) is 2.94. The number of fused-ring (bicyclic) bond motifs is 1. The number of alkyl halides is 3. The van der Waals surface area contributed by atoms with Gasteiger partial charge < -0.3 is 15.0 Å². The van der Waals surface area contributed by atoms with Gasteiger partial charge in [-0.3, -0.25) is 4.79 Å². The Hall–Kier alpha value is -2.91. The molecule has 3 rings (SSSR count). The van der Waals surface area contributed by atoms with Gasteiger partial charge in [0.05, 0.1) is 17.1 Å². The van der Waals surface area contributed by atoms with Crippen LogP contribution in [-0.2, 0) is 4.79 Å². The maximum atomic E-state index is 13.4. The van der Waals surface area contributed by atoms with E-state index in [1.54, 1.807) is 0 Å². The highest BCUT2D eigenvalue weighted by atomic mass is 19.4. The van der Waals surface area contributed by atoms with Gasteiger partial charge in [-0.25, -0.2) is 13.6 Å². The fraction of sp³-hybridized carbons (Fsp3) is 0.200. The summed E-state index contributed by atoms with van der Waals surface area (Å²) in [5.41, 5.74) is -2.06. The topological polar surface area (TPSA) is 71.3 Å². The minimum Gasteiger partial charge on any atom is -0.478 e. The second kappa shape index (κ2) is 5.57. The largest absolute Gasteiger partial charge is 0.478 e. The summed E-state index contributed by atoms with van der Waals surface area (Å²) in [6.07, 6.45) is -5.02. The molecule has 1 amide bonds. The van der Waals surface area contributed by atoms with Crippen molar-refractivity contribution >= 4 is 17.6 Å². The number of halogens is 5. The summed E-state index contributed by atoms with van der Waals surface area (Å²) in [5.74, 6) is -6.98. The van der Waals surface area contributed by atoms with Gasteiger partial charge in [0.2, 0.25) is 5.91 Å². The Morgan fingerprint density at radius 3 is 2.32 bits per heavy atom. The summed E-state index contributed by atoms with van der Waals surface area (Å²) < 4.78 is 67.7. The number of benzene rings is 1. The summed E-state index contributed by atoms with van der Waals surface area (Å²) in [7, 11) is 0. The molecule has 0 saturated heterocycles. The van der Waals surface area contributed by atoms with E-state index in [0.29, 0.717) is 6.07 Å².